The fourth-order valence-corrected chi connectivity index (χ4v) is 2.98. The molecule has 0 N–H and O–H groups in total. The molecule has 6 nitrogen and oxygen atoms in total. The fraction of sp³-hybridized carbons (Fsp3) is 0.421. The van der Waals surface area contributed by atoms with Crippen LogP contribution >= 0.6 is 0 Å². The van der Waals surface area contributed by atoms with E-state index in [-0.39, 0.29) is 11.6 Å². The van der Waals surface area contributed by atoms with Crippen molar-refractivity contribution in [1.29, 1.82) is 5.26 Å². The summed E-state index contributed by atoms with van der Waals surface area (Å²) in [4.78, 5) is 14.4. The Balaban J connectivity index is 1.59. The van der Waals surface area contributed by atoms with Crippen LogP contribution in [0.3, 0.4) is 0 Å². The van der Waals surface area contributed by atoms with E-state index < -0.39 is 0 Å². The van der Waals surface area contributed by atoms with Gasteiger partial charge in [0, 0.05) is 32.1 Å². The van der Waals surface area contributed by atoms with Crippen molar-refractivity contribution in [2.45, 2.75) is 32.9 Å². The summed E-state index contributed by atoms with van der Waals surface area (Å²) >= 11 is 0. The SMILES string of the molecule is CC(C)n1nc2c(cc1=O)CN(CCOc1cccc(C#N)c1)CC2. The molecule has 0 atom stereocenters. The van der Waals surface area contributed by atoms with Crippen molar-refractivity contribution in [2.24, 2.45) is 0 Å². The molecule has 1 aromatic heterocycles. The summed E-state index contributed by atoms with van der Waals surface area (Å²) in [6.07, 6.45) is 0.840. The standard InChI is InChI=1S/C19H22N4O2/c1-14(2)23-19(24)11-16-13-22(7-6-18(16)21-23)8-9-25-17-5-3-4-15(10-17)12-20/h3-5,10-11,14H,6-9,13H2,1-2H3. The molecule has 25 heavy (non-hydrogen) atoms. The van der Waals surface area contributed by atoms with Crippen molar-refractivity contribution in [3.05, 3.63) is 57.5 Å². The number of nitriles is 1. The lowest BCUT2D eigenvalue weighted by molar-refractivity contribution is 0.194. The van der Waals surface area contributed by atoms with E-state index in [1.165, 1.54) is 0 Å². The van der Waals surface area contributed by atoms with Crippen molar-refractivity contribution >= 4 is 0 Å². The Kier molecular flexibility index (Phi) is 5.15. The van der Waals surface area contributed by atoms with E-state index in [9.17, 15) is 4.79 Å². The first kappa shape index (κ1) is 17.2. The molecule has 3 rings (SSSR count). The molecule has 1 aliphatic heterocycles. The van der Waals surface area contributed by atoms with Crippen LogP contribution in [0, 0.1) is 11.3 Å². The molecule has 130 valence electrons. The van der Waals surface area contributed by atoms with Crippen molar-refractivity contribution < 1.29 is 4.74 Å². The molecular formula is C19H22N4O2. The van der Waals surface area contributed by atoms with Gasteiger partial charge in [0.05, 0.1) is 23.4 Å². The number of nitrogens with zero attached hydrogens (tertiary/aromatic N) is 4. The second kappa shape index (κ2) is 7.49. The van der Waals surface area contributed by atoms with Gasteiger partial charge >= 0.3 is 0 Å². The van der Waals surface area contributed by atoms with Crippen LogP contribution in [0.15, 0.2) is 35.1 Å². The van der Waals surface area contributed by atoms with Crippen LogP contribution < -0.4 is 10.3 Å². The second-order valence-electron chi connectivity index (χ2n) is 6.51. The van der Waals surface area contributed by atoms with Crippen LogP contribution in [0.2, 0.25) is 0 Å². The zero-order chi connectivity index (χ0) is 17.8. The third-order valence-corrected chi connectivity index (χ3v) is 4.31. The summed E-state index contributed by atoms with van der Waals surface area (Å²) < 4.78 is 7.29. The average molecular weight is 338 g/mol. The monoisotopic (exact) mass is 338 g/mol. The molecule has 2 heterocycles. The van der Waals surface area contributed by atoms with Gasteiger partial charge in [-0.25, -0.2) is 4.68 Å². The summed E-state index contributed by atoms with van der Waals surface area (Å²) in [6, 6.07) is 11.1. The maximum Gasteiger partial charge on any atom is 0.267 e. The van der Waals surface area contributed by atoms with Gasteiger partial charge in [0.15, 0.2) is 0 Å². The Bertz CT molecular complexity index is 851. The molecular weight excluding hydrogens is 316 g/mol. The van der Waals surface area contributed by atoms with E-state index in [2.05, 4.69) is 16.1 Å². The number of hydrogen-bond acceptors (Lipinski definition) is 5. The molecule has 1 aliphatic rings. The number of fused-ring (bicyclic) bond motifs is 1. The van der Waals surface area contributed by atoms with E-state index >= 15 is 0 Å². The molecule has 1 aromatic carbocycles. The van der Waals surface area contributed by atoms with Gasteiger partial charge in [0.1, 0.15) is 12.4 Å². The van der Waals surface area contributed by atoms with Crippen LogP contribution in [0.1, 0.15) is 36.7 Å². The van der Waals surface area contributed by atoms with Crippen LogP contribution in [-0.4, -0.2) is 34.4 Å². The van der Waals surface area contributed by atoms with E-state index in [1.54, 1.807) is 22.9 Å². The van der Waals surface area contributed by atoms with Gasteiger partial charge in [-0.15, -0.1) is 0 Å². The lowest BCUT2D eigenvalue weighted by atomic mass is 10.1. The molecule has 0 radical (unpaired) electrons. The van der Waals surface area contributed by atoms with Crippen molar-refractivity contribution in [3.63, 3.8) is 0 Å². The number of hydrogen-bond donors (Lipinski definition) is 0. The highest BCUT2D eigenvalue weighted by Gasteiger charge is 2.19. The van der Waals surface area contributed by atoms with Gasteiger partial charge in [-0.1, -0.05) is 6.07 Å². The van der Waals surface area contributed by atoms with Crippen LogP contribution in [0.5, 0.6) is 5.75 Å². The van der Waals surface area contributed by atoms with Gasteiger partial charge in [0.2, 0.25) is 0 Å². The van der Waals surface area contributed by atoms with Gasteiger partial charge in [-0.3, -0.25) is 9.69 Å². The molecule has 0 amide bonds. The number of ether oxygens (including phenoxy) is 1. The molecule has 0 spiro atoms. The first-order valence-corrected chi connectivity index (χ1v) is 8.54. The number of benzene rings is 1. The number of rotatable bonds is 5. The highest BCUT2D eigenvalue weighted by atomic mass is 16.5. The van der Waals surface area contributed by atoms with E-state index in [4.69, 9.17) is 10.00 Å². The van der Waals surface area contributed by atoms with Crippen LogP contribution in [0.25, 0.3) is 0 Å². The zero-order valence-electron chi connectivity index (χ0n) is 14.6. The predicted octanol–water partition coefficient (Wildman–Crippen LogP) is 2.13. The summed E-state index contributed by atoms with van der Waals surface area (Å²) in [6.45, 7) is 6.86. The quantitative estimate of drug-likeness (QED) is 0.835. The Hall–Kier alpha value is -2.65. The maximum absolute atomic E-state index is 12.1. The summed E-state index contributed by atoms with van der Waals surface area (Å²) in [5.41, 5.74) is 2.59. The molecule has 0 saturated carbocycles. The lowest BCUT2D eigenvalue weighted by Crippen LogP contribution is -2.37. The van der Waals surface area contributed by atoms with E-state index in [0.717, 1.165) is 37.3 Å². The zero-order valence-corrected chi connectivity index (χ0v) is 14.6. The molecule has 0 fully saturated rings. The Morgan fingerprint density at radius 2 is 2.20 bits per heavy atom. The second-order valence-corrected chi connectivity index (χ2v) is 6.51. The number of aromatic nitrogens is 2. The minimum Gasteiger partial charge on any atom is -0.492 e. The van der Waals surface area contributed by atoms with Crippen molar-refractivity contribution in [3.8, 4) is 11.8 Å². The minimum atomic E-state index is -0.0415. The molecule has 0 bridgehead atoms. The van der Waals surface area contributed by atoms with Gasteiger partial charge in [-0.2, -0.15) is 10.4 Å². The Morgan fingerprint density at radius 1 is 1.36 bits per heavy atom. The molecule has 0 unspecified atom stereocenters. The van der Waals surface area contributed by atoms with E-state index in [1.807, 2.05) is 26.0 Å². The van der Waals surface area contributed by atoms with Gasteiger partial charge in [-0.05, 0) is 37.6 Å². The van der Waals surface area contributed by atoms with Gasteiger partial charge in [0.25, 0.3) is 5.56 Å². The molecule has 6 heteroatoms. The average Bonchev–Trinajstić information content (AvgIpc) is 2.61. The van der Waals surface area contributed by atoms with Crippen LogP contribution in [0.4, 0.5) is 0 Å². The van der Waals surface area contributed by atoms with Gasteiger partial charge < -0.3 is 4.74 Å². The summed E-state index contributed by atoms with van der Waals surface area (Å²) in [7, 11) is 0. The summed E-state index contributed by atoms with van der Waals surface area (Å²) in [5.74, 6) is 0.706. The van der Waals surface area contributed by atoms with Crippen LogP contribution in [-0.2, 0) is 13.0 Å². The smallest absolute Gasteiger partial charge is 0.267 e. The normalized spacial score (nSPS) is 14.2. The van der Waals surface area contributed by atoms with Crippen molar-refractivity contribution in [2.75, 3.05) is 19.7 Å². The third-order valence-electron chi connectivity index (χ3n) is 4.31. The third kappa shape index (κ3) is 4.06. The van der Waals surface area contributed by atoms with Crippen molar-refractivity contribution in [1.82, 2.24) is 14.7 Å². The molecule has 2 aromatic rings. The maximum atomic E-state index is 12.1. The summed E-state index contributed by atoms with van der Waals surface area (Å²) in [5, 5.41) is 13.4. The first-order valence-electron chi connectivity index (χ1n) is 8.54. The lowest BCUT2D eigenvalue weighted by Gasteiger charge is -2.28. The highest BCUT2D eigenvalue weighted by molar-refractivity contribution is 5.36. The topological polar surface area (TPSA) is 71.2 Å². The first-order chi connectivity index (χ1) is 12.1. The van der Waals surface area contributed by atoms with E-state index in [0.29, 0.717) is 17.9 Å². The fourth-order valence-electron chi connectivity index (χ4n) is 2.98. The highest BCUT2D eigenvalue weighted by Crippen LogP contribution is 2.16. The Morgan fingerprint density at radius 3 is 2.96 bits per heavy atom. The predicted molar refractivity (Wildman–Crippen MR) is 94.5 cm³/mol. The Labute approximate surface area is 147 Å². The molecule has 0 aliphatic carbocycles. The molecule has 0 saturated heterocycles. The largest absolute Gasteiger partial charge is 0.492 e. The minimum absolute atomic E-state index is 0.0415.